The number of halogens is 1. The van der Waals surface area contributed by atoms with Gasteiger partial charge in [0.25, 0.3) is 0 Å². The first-order chi connectivity index (χ1) is 13.2. The highest BCUT2D eigenvalue weighted by Crippen LogP contribution is 2.26. The Labute approximate surface area is 163 Å². The van der Waals surface area contributed by atoms with E-state index in [4.69, 9.17) is 0 Å². The molecule has 3 rings (SSSR count). The van der Waals surface area contributed by atoms with E-state index in [1.165, 1.54) is 18.2 Å². The topological polar surface area (TPSA) is 96.3 Å². The molecule has 1 aromatic heterocycles. The molecule has 0 saturated carbocycles. The van der Waals surface area contributed by atoms with Crippen molar-refractivity contribution in [3.8, 4) is 0 Å². The highest BCUT2D eigenvalue weighted by Gasteiger charge is 2.26. The van der Waals surface area contributed by atoms with Crippen LogP contribution in [-0.2, 0) is 23.6 Å². The van der Waals surface area contributed by atoms with Crippen molar-refractivity contribution in [3.05, 3.63) is 47.5 Å². The molecule has 1 aliphatic rings. The van der Waals surface area contributed by atoms with Gasteiger partial charge in [-0.2, -0.15) is 5.10 Å². The van der Waals surface area contributed by atoms with Gasteiger partial charge in [0.2, 0.25) is 10.0 Å². The third kappa shape index (κ3) is 4.80. The van der Waals surface area contributed by atoms with Crippen LogP contribution in [0.1, 0.15) is 30.0 Å². The molecule has 2 aromatic rings. The minimum Gasteiger partial charge on any atom is -0.334 e. The molecule has 2 heterocycles. The van der Waals surface area contributed by atoms with Crippen LogP contribution in [0.5, 0.6) is 0 Å². The molecule has 1 aromatic carbocycles. The number of nitrogens with zero attached hydrogens (tertiary/aromatic N) is 3. The number of amides is 2. The average molecular weight is 409 g/mol. The number of hydrogen-bond acceptors (Lipinski definition) is 4. The fourth-order valence-electron chi connectivity index (χ4n) is 3.50. The second-order valence-corrected chi connectivity index (χ2v) is 8.71. The molecule has 0 bridgehead atoms. The molecule has 1 fully saturated rings. The van der Waals surface area contributed by atoms with Crippen molar-refractivity contribution in [2.75, 3.05) is 24.1 Å². The lowest BCUT2D eigenvalue weighted by molar-refractivity contribution is 0.178. The van der Waals surface area contributed by atoms with Crippen molar-refractivity contribution >= 4 is 21.7 Å². The van der Waals surface area contributed by atoms with Crippen molar-refractivity contribution in [2.24, 2.45) is 7.05 Å². The third-order valence-corrected chi connectivity index (χ3v) is 5.41. The van der Waals surface area contributed by atoms with Gasteiger partial charge in [-0.05, 0) is 31.0 Å². The molecule has 1 aliphatic heterocycles. The Kier molecular flexibility index (Phi) is 5.87. The predicted molar refractivity (Wildman–Crippen MR) is 104 cm³/mol. The molecule has 2 amide bonds. The summed E-state index contributed by atoms with van der Waals surface area (Å²) >= 11 is 0. The molecule has 28 heavy (non-hydrogen) atoms. The summed E-state index contributed by atoms with van der Waals surface area (Å²) in [6.45, 7) is 1.05. The predicted octanol–water partition coefficient (Wildman–Crippen LogP) is 2.02. The number of aromatic nitrogens is 2. The maximum absolute atomic E-state index is 14.2. The van der Waals surface area contributed by atoms with Gasteiger partial charge in [-0.3, -0.25) is 9.40 Å². The molecule has 1 saturated heterocycles. The number of hydrogen-bond donors (Lipinski definition) is 2. The average Bonchev–Trinajstić information content (AvgIpc) is 3.06. The number of anilines is 1. The summed E-state index contributed by atoms with van der Waals surface area (Å²) in [7, 11) is -1.68. The van der Waals surface area contributed by atoms with Crippen molar-refractivity contribution in [3.63, 3.8) is 0 Å². The lowest BCUT2D eigenvalue weighted by Gasteiger charge is -2.33. The normalized spacial score (nSPS) is 17.4. The van der Waals surface area contributed by atoms with Crippen LogP contribution in [-0.4, -0.2) is 48.5 Å². The summed E-state index contributed by atoms with van der Waals surface area (Å²) < 4.78 is 41.3. The van der Waals surface area contributed by atoms with E-state index in [0.717, 1.165) is 24.8 Å². The molecular weight excluding hydrogens is 385 g/mol. The quantitative estimate of drug-likeness (QED) is 0.790. The minimum atomic E-state index is -3.56. The highest BCUT2D eigenvalue weighted by molar-refractivity contribution is 7.92. The van der Waals surface area contributed by atoms with Crippen LogP contribution in [0.3, 0.4) is 0 Å². The number of piperidine rings is 1. The summed E-state index contributed by atoms with van der Waals surface area (Å²) in [6.07, 6.45) is 4.57. The molecule has 2 N–H and O–H groups in total. The van der Waals surface area contributed by atoms with Gasteiger partial charge < -0.3 is 10.2 Å². The van der Waals surface area contributed by atoms with Crippen LogP contribution in [0.25, 0.3) is 0 Å². The van der Waals surface area contributed by atoms with Crippen LogP contribution < -0.4 is 10.0 Å². The Morgan fingerprint density at radius 2 is 2.14 bits per heavy atom. The summed E-state index contributed by atoms with van der Waals surface area (Å²) in [6, 6.07) is 5.76. The number of benzene rings is 1. The Morgan fingerprint density at radius 1 is 1.36 bits per heavy atom. The lowest BCUT2D eigenvalue weighted by Crippen LogP contribution is -2.45. The molecule has 1 unspecified atom stereocenters. The van der Waals surface area contributed by atoms with E-state index < -0.39 is 15.8 Å². The Hall–Kier alpha value is -2.62. The van der Waals surface area contributed by atoms with Gasteiger partial charge in [0, 0.05) is 50.1 Å². The third-order valence-electron chi connectivity index (χ3n) is 4.82. The largest absolute Gasteiger partial charge is 0.334 e. The molecule has 10 heteroatoms. The maximum atomic E-state index is 14.2. The molecule has 1 atom stereocenters. The van der Waals surface area contributed by atoms with Crippen LogP contribution >= 0.6 is 0 Å². The number of carbonyl (C=O) groups excluding carboxylic acids is 1. The van der Waals surface area contributed by atoms with Crippen LogP contribution in [0.4, 0.5) is 14.9 Å². The zero-order chi connectivity index (χ0) is 20.3. The molecule has 0 radical (unpaired) electrons. The number of carbonyl (C=O) groups is 1. The van der Waals surface area contributed by atoms with Crippen LogP contribution in [0.15, 0.2) is 30.5 Å². The van der Waals surface area contributed by atoms with Gasteiger partial charge in [-0.1, -0.05) is 6.07 Å². The SMILES string of the molecule is Cn1nccc1C1CCCN(C(=O)NCc2c(F)cccc2NS(C)(=O)=O)C1. The summed E-state index contributed by atoms with van der Waals surface area (Å²) in [5.41, 5.74) is 1.29. The number of rotatable bonds is 5. The van der Waals surface area contributed by atoms with Crippen molar-refractivity contribution in [2.45, 2.75) is 25.3 Å². The highest BCUT2D eigenvalue weighted by atomic mass is 32.2. The van der Waals surface area contributed by atoms with Gasteiger partial charge in [-0.25, -0.2) is 17.6 Å². The Balaban J connectivity index is 1.67. The van der Waals surface area contributed by atoms with Gasteiger partial charge in [0.15, 0.2) is 0 Å². The van der Waals surface area contributed by atoms with E-state index in [0.29, 0.717) is 13.1 Å². The number of nitrogens with one attached hydrogen (secondary N) is 2. The van der Waals surface area contributed by atoms with E-state index in [1.54, 1.807) is 11.1 Å². The summed E-state index contributed by atoms with van der Waals surface area (Å²) in [4.78, 5) is 14.3. The lowest BCUT2D eigenvalue weighted by atomic mass is 9.95. The van der Waals surface area contributed by atoms with Crippen molar-refractivity contribution < 1.29 is 17.6 Å². The summed E-state index contributed by atoms with van der Waals surface area (Å²) in [5, 5.41) is 6.89. The van der Waals surface area contributed by atoms with Gasteiger partial charge in [0.1, 0.15) is 5.82 Å². The molecular formula is C18H24FN5O3S. The first kappa shape index (κ1) is 20.1. The Morgan fingerprint density at radius 3 is 2.82 bits per heavy atom. The number of urea groups is 1. The maximum Gasteiger partial charge on any atom is 0.317 e. The fourth-order valence-corrected chi connectivity index (χ4v) is 4.09. The molecule has 0 aliphatic carbocycles. The van der Waals surface area contributed by atoms with E-state index in [1.807, 2.05) is 17.8 Å². The second kappa shape index (κ2) is 8.17. The molecule has 8 nitrogen and oxygen atoms in total. The van der Waals surface area contributed by atoms with Crippen LogP contribution in [0, 0.1) is 5.82 Å². The van der Waals surface area contributed by atoms with Gasteiger partial charge in [0.05, 0.1) is 11.9 Å². The fraction of sp³-hybridized carbons (Fsp3) is 0.444. The smallest absolute Gasteiger partial charge is 0.317 e. The molecule has 152 valence electrons. The Bertz CT molecular complexity index is 960. The van der Waals surface area contributed by atoms with Crippen LogP contribution in [0.2, 0.25) is 0 Å². The number of sulfonamides is 1. The van der Waals surface area contributed by atoms with E-state index in [2.05, 4.69) is 15.1 Å². The van der Waals surface area contributed by atoms with E-state index in [9.17, 15) is 17.6 Å². The first-order valence-electron chi connectivity index (χ1n) is 9.00. The van der Waals surface area contributed by atoms with Gasteiger partial charge in [-0.15, -0.1) is 0 Å². The monoisotopic (exact) mass is 409 g/mol. The minimum absolute atomic E-state index is 0.0986. The summed E-state index contributed by atoms with van der Waals surface area (Å²) in [5.74, 6) is -0.386. The second-order valence-electron chi connectivity index (χ2n) is 6.96. The molecule has 0 spiro atoms. The standard InChI is InChI=1S/C18H24FN5O3S/c1-23-17(8-9-21-23)13-5-4-10-24(12-13)18(25)20-11-14-15(19)6-3-7-16(14)22-28(2,26)27/h3,6-9,13,22H,4-5,10-12H2,1-2H3,(H,20,25). The zero-order valence-corrected chi connectivity index (χ0v) is 16.7. The zero-order valence-electron chi connectivity index (χ0n) is 15.9. The number of aryl methyl sites for hydroxylation is 1. The number of likely N-dealkylation sites (tertiary alicyclic amines) is 1. The van der Waals surface area contributed by atoms with E-state index >= 15 is 0 Å². The van der Waals surface area contributed by atoms with Crippen molar-refractivity contribution in [1.29, 1.82) is 0 Å². The van der Waals surface area contributed by atoms with Crippen molar-refractivity contribution in [1.82, 2.24) is 20.0 Å². The first-order valence-corrected chi connectivity index (χ1v) is 10.9. The van der Waals surface area contributed by atoms with Gasteiger partial charge >= 0.3 is 6.03 Å². The van der Waals surface area contributed by atoms with E-state index in [-0.39, 0.29) is 29.7 Å².